The normalized spacial score (nSPS) is 15.8. The molecule has 1 fully saturated rings. The van der Waals surface area contributed by atoms with Crippen LogP contribution in [-0.2, 0) is 13.1 Å². The van der Waals surface area contributed by atoms with Gasteiger partial charge in [-0.3, -0.25) is 4.90 Å². The summed E-state index contributed by atoms with van der Waals surface area (Å²) in [4.78, 5) is 2.51. The average Bonchev–Trinajstić information content (AvgIpc) is 2.68. The van der Waals surface area contributed by atoms with E-state index >= 15 is 0 Å². The van der Waals surface area contributed by atoms with E-state index in [1.54, 1.807) is 14.2 Å². The van der Waals surface area contributed by atoms with Crippen LogP contribution in [0.3, 0.4) is 0 Å². The van der Waals surface area contributed by atoms with Gasteiger partial charge in [-0.2, -0.15) is 0 Å². The largest absolute Gasteiger partial charge is 0.493 e. The molecule has 1 saturated heterocycles. The Kier molecular flexibility index (Phi) is 6.78. The van der Waals surface area contributed by atoms with Crippen LogP contribution in [0.5, 0.6) is 11.5 Å². The zero-order valence-electron chi connectivity index (χ0n) is 15.5. The maximum Gasteiger partial charge on any atom is 0.165 e. The Morgan fingerprint density at radius 2 is 1.77 bits per heavy atom. The quantitative estimate of drug-likeness (QED) is 0.790. The average molecular weight is 375 g/mol. The Morgan fingerprint density at radius 1 is 1.04 bits per heavy atom. The Bertz CT molecular complexity index is 698. The fourth-order valence-electron chi connectivity index (χ4n) is 3.49. The fourth-order valence-corrected chi connectivity index (χ4v) is 3.62. The topological polar surface area (TPSA) is 33.7 Å². The van der Waals surface area contributed by atoms with Gasteiger partial charge < -0.3 is 14.8 Å². The second-order valence-electron chi connectivity index (χ2n) is 6.71. The van der Waals surface area contributed by atoms with Crippen molar-refractivity contribution in [1.29, 1.82) is 0 Å². The molecule has 1 heterocycles. The van der Waals surface area contributed by atoms with Crippen LogP contribution in [0.1, 0.15) is 24.0 Å². The van der Waals surface area contributed by atoms with E-state index in [-0.39, 0.29) is 0 Å². The highest BCUT2D eigenvalue weighted by atomic mass is 35.5. The molecule has 2 aromatic rings. The first-order valence-electron chi connectivity index (χ1n) is 9.09. The predicted octanol–water partition coefficient (Wildman–Crippen LogP) is 4.11. The van der Waals surface area contributed by atoms with Gasteiger partial charge in [0.15, 0.2) is 11.5 Å². The first kappa shape index (κ1) is 19.0. The summed E-state index contributed by atoms with van der Waals surface area (Å²) in [6, 6.07) is 14.7. The van der Waals surface area contributed by atoms with Gasteiger partial charge >= 0.3 is 0 Å². The second-order valence-corrected chi connectivity index (χ2v) is 7.15. The van der Waals surface area contributed by atoms with Crippen molar-refractivity contribution in [3.8, 4) is 11.5 Å². The van der Waals surface area contributed by atoms with Crippen LogP contribution in [0, 0.1) is 0 Å². The number of benzene rings is 2. The molecule has 0 aliphatic carbocycles. The van der Waals surface area contributed by atoms with Crippen molar-refractivity contribution < 1.29 is 9.47 Å². The highest BCUT2D eigenvalue weighted by molar-refractivity contribution is 6.30. The summed E-state index contributed by atoms with van der Waals surface area (Å²) in [6.45, 7) is 4.00. The summed E-state index contributed by atoms with van der Waals surface area (Å²) in [5.41, 5.74) is 2.46. The van der Waals surface area contributed by atoms with Gasteiger partial charge in [0.05, 0.1) is 14.2 Å². The second kappa shape index (κ2) is 9.26. The molecular formula is C21H27ClN2O2. The molecule has 2 aromatic carbocycles. The Balaban J connectivity index is 1.48. The number of piperidine rings is 1. The van der Waals surface area contributed by atoms with Crippen molar-refractivity contribution in [2.24, 2.45) is 0 Å². The lowest BCUT2D eigenvalue weighted by Crippen LogP contribution is -2.41. The fraction of sp³-hybridized carbons (Fsp3) is 0.429. The molecule has 0 unspecified atom stereocenters. The number of likely N-dealkylation sites (tertiary alicyclic amines) is 1. The maximum absolute atomic E-state index is 5.96. The van der Waals surface area contributed by atoms with Gasteiger partial charge in [-0.05, 0) is 49.7 Å². The molecule has 0 saturated carbocycles. The summed E-state index contributed by atoms with van der Waals surface area (Å²) in [5, 5.41) is 4.47. The summed E-state index contributed by atoms with van der Waals surface area (Å²) < 4.78 is 10.9. The lowest BCUT2D eigenvalue weighted by Gasteiger charge is -2.32. The van der Waals surface area contributed by atoms with Crippen LogP contribution in [0.25, 0.3) is 0 Å². The molecule has 5 heteroatoms. The Labute approximate surface area is 161 Å². The molecule has 0 aromatic heterocycles. The molecule has 0 atom stereocenters. The third-order valence-corrected chi connectivity index (χ3v) is 5.22. The summed E-state index contributed by atoms with van der Waals surface area (Å²) in [7, 11) is 3.36. The van der Waals surface area contributed by atoms with Crippen LogP contribution in [0.15, 0.2) is 42.5 Å². The minimum atomic E-state index is 0.535. The minimum Gasteiger partial charge on any atom is -0.493 e. The Morgan fingerprint density at radius 3 is 2.42 bits per heavy atom. The van der Waals surface area contributed by atoms with E-state index in [0.717, 1.165) is 61.1 Å². The highest BCUT2D eigenvalue weighted by Gasteiger charge is 2.19. The Hall–Kier alpha value is -1.75. The number of nitrogens with zero attached hydrogens (tertiary/aromatic N) is 1. The smallest absolute Gasteiger partial charge is 0.165 e. The van der Waals surface area contributed by atoms with E-state index in [1.165, 1.54) is 5.56 Å². The summed E-state index contributed by atoms with van der Waals surface area (Å²) in [6.07, 6.45) is 2.31. The zero-order valence-corrected chi connectivity index (χ0v) is 16.3. The number of rotatable bonds is 7. The molecule has 3 rings (SSSR count). The third-order valence-electron chi connectivity index (χ3n) is 4.97. The van der Waals surface area contributed by atoms with Crippen LogP contribution >= 0.6 is 11.6 Å². The molecule has 1 aliphatic rings. The van der Waals surface area contributed by atoms with E-state index in [4.69, 9.17) is 21.1 Å². The van der Waals surface area contributed by atoms with Crippen LogP contribution in [0.2, 0.25) is 5.02 Å². The first-order valence-corrected chi connectivity index (χ1v) is 9.47. The molecule has 1 aliphatic heterocycles. The van der Waals surface area contributed by atoms with Gasteiger partial charge in [0.1, 0.15) is 0 Å². The molecule has 0 bridgehead atoms. The van der Waals surface area contributed by atoms with Gasteiger partial charge in [-0.25, -0.2) is 0 Å². The highest BCUT2D eigenvalue weighted by Crippen LogP contribution is 2.30. The van der Waals surface area contributed by atoms with Gasteiger partial charge in [0.25, 0.3) is 0 Å². The lowest BCUT2D eigenvalue weighted by molar-refractivity contribution is 0.190. The van der Waals surface area contributed by atoms with E-state index in [2.05, 4.69) is 28.4 Å². The molecule has 4 nitrogen and oxygen atoms in total. The molecular weight excluding hydrogens is 348 g/mol. The van der Waals surface area contributed by atoms with Crippen LogP contribution in [0.4, 0.5) is 0 Å². The van der Waals surface area contributed by atoms with E-state index in [0.29, 0.717) is 6.04 Å². The number of ether oxygens (including phenoxy) is 2. The standard InChI is InChI=1S/C21H27ClN2O2/c1-25-20-5-3-4-17(21(20)26-2)14-23-19-10-12-24(13-11-19)15-16-6-8-18(22)9-7-16/h3-9,19,23H,10-15H2,1-2H3. The third kappa shape index (κ3) is 4.91. The van der Waals surface area contributed by atoms with Crippen molar-refractivity contribution in [2.45, 2.75) is 32.0 Å². The van der Waals surface area contributed by atoms with Gasteiger partial charge in [0.2, 0.25) is 0 Å². The molecule has 0 amide bonds. The molecule has 1 N–H and O–H groups in total. The molecule has 26 heavy (non-hydrogen) atoms. The number of para-hydroxylation sites is 1. The van der Waals surface area contributed by atoms with Crippen molar-refractivity contribution >= 4 is 11.6 Å². The molecule has 0 spiro atoms. The van der Waals surface area contributed by atoms with Gasteiger partial charge in [0, 0.05) is 29.7 Å². The van der Waals surface area contributed by atoms with Crippen molar-refractivity contribution in [3.63, 3.8) is 0 Å². The van der Waals surface area contributed by atoms with Crippen molar-refractivity contribution in [2.75, 3.05) is 27.3 Å². The summed E-state index contributed by atoms with van der Waals surface area (Å²) >= 11 is 5.96. The monoisotopic (exact) mass is 374 g/mol. The number of hydrogen-bond acceptors (Lipinski definition) is 4. The number of methoxy groups -OCH3 is 2. The zero-order chi connectivity index (χ0) is 18.4. The maximum atomic E-state index is 5.96. The van der Waals surface area contributed by atoms with Gasteiger partial charge in [-0.15, -0.1) is 0 Å². The van der Waals surface area contributed by atoms with E-state index in [9.17, 15) is 0 Å². The minimum absolute atomic E-state index is 0.535. The van der Waals surface area contributed by atoms with E-state index < -0.39 is 0 Å². The number of nitrogens with one attached hydrogen (secondary N) is 1. The van der Waals surface area contributed by atoms with Crippen LogP contribution < -0.4 is 14.8 Å². The van der Waals surface area contributed by atoms with Crippen LogP contribution in [-0.4, -0.2) is 38.3 Å². The molecule has 0 radical (unpaired) electrons. The first-order chi connectivity index (χ1) is 12.7. The summed E-state index contributed by atoms with van der Waals surface area (Å²) in [5.74, 6) is 1.60. The number of halogens is 1. The van der Waals surface area contributed by atoms with Crippen molar-refractivity contribution in [3.05, 3.63) is 58.6 Å². The molecule has 140 valence electrons. The van der Waals surface area contributed by atoms with E-state index in [1.807, 2.05) is 24.3 Å². The van der Waals surface area contributed by atoms with Gasteiger partial charge in [-0.1, -0.05) is 35.9 Å². The number of hydrogen-bond donors (Lipinski definition) is 1. The lowest BCUT2D eigenvalue weighted by atomic mass is 10.0. The SMILES string of the molecule is COc1cccc(CNC2CCN(Cc3ccc(Cl)cc3)CC2)c1OC. The van der Waals surface area contributed by atoms with Crippen molar-refractivity contribution in [1.82, 2.24) is 10.2 Å². The predicted molar refractivity (Wildman–Crippen MR) is 106 cm³/mol.